The highest BCUT2D eigenvalue weighted by Gasteiger charge is 2.12. The van der Waals surface area contributed by atoms with Gasteiger partial charge in [-0.15, -0.1) is 6.58 Å². The molecule has 1 unspecified atom stereocenters. The topological polar surface area (TPSA) is 79.2 Å². The summed E-state index contributed by atoms with van der Waals surface area (Å²) in [5.74, 6) is -2.54. The lowest BCUT2D eigenvalue weighted by Crippen LogP contribution is -2.25. The summed E-state index contributed by atoms with van der Waals surface area (Å²) in [7, 11) is 0. The third-order valence-electron chi connectivity index (χ3n) is 1.70. The second-order valence-electron chi connectivity index (χ2n) is 5.34. The molecule has 0 bridgehead atoms. The lowest BCUT2D eigenvalue weighted by molar-refractivity contribution is -0.179. The van der Waals surface area contributed by atoms with Crippen LogP contribution in [-0.2, 0) is 9.47 Å². The Kier molecular flexibility index (Phi) is 11.3. The third kappa shape index (κ3) is 31.8. The number of hydrogen-bond donors (Lipinski definition) is 3. The first-order valence-electron chi connectivity index (χ1n) is 6.49. The van der Waals surface area contributed by atoms with Crippen molar-refractivity contribution in [2.75, 3.05) is 13.2 Å². The fourth-order valence-corrected chi connectivity index (χ4v) is 0.911. The molecule has 0 aromatic rings. The summed E-state index contributed by atoms with van der Waals surface area (Å²) in [5, 5.41) is 25.4. The van der Waals surface area contributed by atoms with Gasteiger partial charge in [0.25, 0.3) is 0 Å². The minimum Gasteiger partial charge on any atom is -0.378 e. The van der Waals surface area contributed by atoms with Gasteiger partial charge in [0.05, 0.1) is 19.3 Å². The summed E-state index contributed by atoms with van der Waals surface area (Å²) in [4.78, 5) is 0. The number of hydrogen-bond acceptors (Lipinski definition) is 5. The van der Waals surface area contributed by atoms with Gasteiger partial charge >= 0.3 is 0 Å². The lowest BCUT2D eigenvalue weighted by Gasteiger charge is -2.19. The monoisotopic (exact) mass is 278 g/mol. The van der Waals surface area contributed by atoms with E-state index >= 15 is 0 Å². The first-order valence-corrected chi connectivity index (χ1v) is 6.49. The summed E-state index contributed by atoms with van der Waals surface area (Å²) in [5.41, 5.74) is 0. The average Bonchev–Trinajstić information content (AvgIpc) is 2.13. The lowest BCUT2D eigenvalue weighted by atomic mass is 10.3. The standard InChI is InChI=1S/C11H22O3.C3H8O2/c1-5-6-8-13-10(2)7-9-14-11(3,4)12;1-3(2,4)5/h5,10,12H,1,6-9H2,2-4H3;4-5H,1-2H3. The largest absolute Gasteiger partial charge is 0.378 e. The van der Waals surface area contributed by atoms with Crippen LogP contribution in [-0.4, -0.2) is 46.2 Å². The van der Waals surface area contributed by atoms with Gasteiger partial charge in [0.1, 0.15) is 0 Å². The molecule has 3 N–H and O–H groups in total. The van der Waals surface area contributed by atoms with Crippen LogP contribution >= 0.6 is 0 Å². The summed E-state index contributed by atoms with van der Waals surface area (Å²) < 4.78 is 10.6. The Bertz CT molecular complexity index is 209. The molecule has 0 radical (unpaired) electrons. The Morgan fingerprint density at radius 2 is 1.58 bits per heavy atom. The van der Waals surface area contributed by atoms with E-state index in [9.17, 15) is 5.11 Å². The van der Waals surface area contributed by atoms with Crippen molar-refractivity contribution < 1.29 is 24.8 Å². The summed E-state index contributed by atoms with van der Waals surface area (Å²) in [6, 6.07) is 0. The Morgan fingerprint density at radius 1 is 1.11 bits per heavy atom. The van der Waals surface area contributed by atoms with Crippen LogP contribution in [0.5, 0.6) is 0 Å². The highest BCUT2D eigenvalue weighted by molar-refractivity contribution is 4.65. The van der Waals surface area contributed by atoms with E-state index in [2.05, 4.69) is 6.58 Å². The van der Waals surface area contributed by atoms with Gasteiger partial charge in [-0.2, -0.15) is 0 Å². The molecule has 5 heteroatoms. The number of aliphatic hydroxyl groups is 3. The number of rotatable bonds is 8. The predicted octanol–water partition coefficient (Wildman–Crippen LogP) is 1.81. The van der Waals surface area contributed by atoms with Gasteiger partial charge in [-0.25, -0.2) is 0 Å². The van der Waals surface area contributed by atoms with Crippen LogP contribution in [0.25, 0.3) is 0 Å². The molecule has 0 saturated carbocycles. The van der Waals surface area contributed by atoms with Crippen LogP contribution < -0.4 is 0 Å². The maximum atomic E-state index is 9.27. The van der Waals surface area contributed by atoms with Crippen molar-refractivity contribution in [1.82, 2.24) is 0 Å². The average molecular weight is 278 g/mol. The second kappa shape index (κ2) is 10.3. The molecule has 19 heavy (non-hydrogen) atoms. The molecule has 0 rings (SSSR count). The van der Waals surface area contributed by atoms with Crippen molar-refractivity contribution in [3.63, 3.8) is 0 Å². The van der Waals surface area contributed by atoms with Gasteiger partial charge in [0.15, 0.2) is 11.6 Å². The van der Waals surface area contributed by atoms with Gasteiger partial charge in [-0.3, -0.25) is 0 Å². The quantitative estimate of drug-likeness (QED) is 0.358. The zero-order valence-corrected chi connectivity index (χ0v) is 12.8. The molecule has 5 nitrogen and oxygen atoms in total. The zero-order valence-electron chi connectivity index (χ0n) is 12.8. The molecule has 0 aromatic heterocycles. The van der Waals surface area contributed by atoms with E-state index in [0.29, 0.717) is 13.2 Å². The second-order valence-corrected chi connectivity index (χ2v) is 5.34. The predicted molar refractivity (Wildman–Crippen MR) is 75.6 cm³/mol. The normalized spacial score (nSPS) is 13.5. The molecule has 0 aromatic carbocycles. The minimum atomic E-state index is -1.50. The van der Waals surface area contributed by atoms with Crippen molar-refractivity contribution in [2.24, 2.45) is 0 Å². The van der Waals surface area contributed by atoms with Crippen molar-refractivity contribution in [2.45, 2.75) is 65.1 Å². The molecule has 0 aliphatic carbocycles. The molecule has 116 valence electrons. The molecule has 0 heterocycles. The molecule has 0 spiro atoms. The van der Waals surface area contributed by atoms with Gasteiger partial charge in [0.2, 0.25) is 0 Å². The van der Waals surface area contributed by atoms with Crippen LogP contribution in [0.2, 0.25) is 0 Å². The van der Waals surface area contributed by atoms with E-state index < -0.39 is 11.6 Å². The molecule has 0 aliphatic heterocycles. The van der Waals surface area contributed by atoms with E-state index in [1.165, 1.54) is 13.8 Å². The van der Waals surface area contributed by atoms with Crippen LogP contribution in [0.4, 0.5) is 0 Å². The van der Waals surface area contributed by atoms with Crippen molar-refractivity contribution >= 4 is 0 Å². The fourth-order valence-electron chi connectivity index (χ4n) is 0.911. The minimum absolute atomic E-state index is 0.164. The van der Waals surface area contributed by atoms with E-state index in [4.69, 9.17) is 19.7 Å². The Hall–Kier alpha value is -0.460. The molecular formula is C14H30O5. The smallest absolute Gasteiger partial charge is 0.159 e. The number of ether oxygens (including phenoxy) is 2. The summed E-state index contributed by atoms with van der Waals surface area (Å²) in [6.07, 6.45) is 3.66. The molecule has 0 fully saturated rings. The fraction of sp³-hybridized carbons (Fsp3) is 0.857. The molecular weight excluding hydrogens is 248 g/mol. The van der Waals surface area contributed by atoms with E-state index in [1.807, 2.05) is 13.0 Å². The van der Waals surface area contributed by atoms with Crippen molar-refractivity contribution in [3.8, 4) is 0 Å². The first-order chi connectivity index (χ1) is 8.45. The SMILES string of the molecule is C=CCCOC(C)CCOC(C)(C)O.CC(C)(O)O. The van der Waals surface area contributed by atoms with Gasteiger partial charge in [-0.1, -0.05) is 6.08 Å². The molecule has 1 atom stereocenters. The van der Waals surface area contributed by atoms with Gasteiger partial charge < -0.3 is 24.8 Å². The zero-order chi connectivity index (χ0) is 15.5. The third-order valence-corrected chi connectivity index (χ3v) is 1.70. The Balaban J connectivity index is 0. The van der Waals surface area contributed by atoms with E-state index in [-0.39, 0.29) is 6.10 Å². The van der Waals surface area contributed by atoms with Gasteiger partial charge in [0, 0.05) is 0 Å². The maximum absolute atomic E-state index is 9.27. The Labute approximate surface area is 116 Å². The Morgan fingerprint density at radius 3 is 1.95 bits per heavy atom. The molecule has 0 amide bonds. The van der Waals surface area contributed by atoms with Crippen LogP contribution in [0.3, 0.4) is 0 Å². The van der Waals surface area contributed by atoms with Gasteiger partial charge in [-0.05, 0) is 47.5 Å². The first kappa shape index (κ1) is 20.8. The maximum Gasteiger partial charge on any atom is 0.159 e. The summed E-state index contributed by atoms with van der Waals surface area (Å²) in [6.45, 7) is 12.7. The highest BCUT2D eigenvalue weighted by Crippen LogP contribution is 2.06. The van der Waals surface area contributed by atoms with Crippen molar-refractivity contribution in [3.05, 3.63) is 12.7 Å². The van der Waals surface area contributed by atoms with E-state index in [1.54, 1.807) is 13.8 Å². The van der Waals surface area contributed by atoms with Crippen LogP contribution in [0.1, 0.15) is 47.5 Å². The van der Waals surface area contributed by atoms with Crippen molar-refractivity contribution in [1.29, 1.82) is 0 Å². The molecule has 0 saturated heterocycles. The van der Waals surface area contributed by atoms with Crippen LogP contribution in [0.15, 0.2) is 12.7 Å². The van der Waals surface area contributed by atoms with Crippen LogP contribution in [0, 0.1) is 0 Å². The summed E-state index contributed by atoms with van der Waals surface area (Å²) >= 11 is 0. The highest BCUT2D eigenvalue weighted by atomic mass is 16.6. The molecule has 0 aliphatic rings. The van der Waals surface area contributed by atoms with E-state index in [0.717, 1.165) is 12.8 Å².